The third-order valence-electron chi connectivity index (χ3n) is 18.1. The molecule has 450 valence electrons. The predicted molar refractivity (Wildman–Crippen MR) is 315 cm³/mol. The first-order chi connectivity index (χ1) is 40.9. The van der Waals surface area contributed by atoms with Crippen LogP contribution in [0.1, 0.15) is 143 Å². The van der Waals surface area contributed by atoms with Crippen LogP contribution in [0.5, 0.6) is 11.5 Å². The van der Waals surface area contributed by atoms with Crippen LogP contribution in [0.4, 0.5) is 8.78 Å². The van der Waals surface area contributed by atoms with Crippen molar-refractivity contribution < 1.29 is 65.7 Å². The van der Waals surface area contributed by atoms with Crippen LogP contribution < -0.4 is 9.47 Å². The van der Waals surface area contributed by atoms with E-state index < -0.39 is 40.4 Å². The molecule has 4 bridgehead atoms. The Bertz CT molecular complexity index is 3440. The molecule has 8 saturated carbocycles. The number of carbonyl (C=O) groups excluding carboxylic acids is 3. The monoisotopic (exact) mass is 1310 g/mol. The van der Waals surface area contributed by atoms with Gasteiger partial charge >= 0.3 is 11.9 Å². The molecular formula is C64H63BrCl4F2N2O12. The Morgan fingerprint density at radius 3 is 1.42 bits per heavy atom. The number of ketones is 1. The summed E-state index contributed by atoms with van der Waals surface area (Å²) in [5, 5.41) is 22.9. The molecule has 4 aromatic carbocycles. The summed E-state index contributed by atoms with van der Waals surface area (Å²) in [4.78, 5) is 35.7. The summed E-state index contributed by atoms with van der Waals surface area (Å²) >= 11 is 29.0. The van der Waals surface area contributed by atoms with Crippen molar-refractivity contribution in [3.63, 3.8) is 0 Å². The van der Waals surface area contributed by atoms with E-state index in [4.69, 9.17) is 79.1 Å². The maximum absolute atomic E-state index is 14.8. The SMILES string of the molecule is COC(=O)C1(Oc2cc(F)cc(Br)c2)CC1.COC(=O)C1(Oc2cc(F)cc(C3(O)[C@@H]4CC[C@H]3CC(OCc3c(-c5c(Cl)cccc5Cl)noc3C3CC3)C4)c2)CC1.O=C1[C@@H]2CC[C@H]1CC(OCc1c(-c3c(Cl)cccc3Cl)noc1C1CC1)C2. The molecule has 8 aliphatic rings. The van der Waals surface area contributed by atoms with Crippen LogP contribution in [0.25, 0.3) is 22.5 Å². The first-order valence-electron chi connectivity index (χ1n) is 29.1. The molecule has 1 N–H and O–H groups in total. The highest BCUT2D eigenvalue weighted by atomic mass is 79.9. The number of aliphatic hydroxyl groups is 1. The molecule has 0 spiro atoms. The van der Waals surface area contributed by atoms with Gasteiger partial charge in [0.05, 0.1) is 65.3 Å². The van der Waals surface area contributed by atoms with Gasteiger partial charge in [0, 0.05) is 88.2 Å². The lowest BCUT2D eigenvalue weighted by Gasteiger charge is -2.43. The van der Waals surface area contributed by atoms with Crippen LogP contribution in [-0.2, 0) is 52.1 Å². The average molecular weight is 1310 g/mol. The Kier molecular flexibility index (Phi) is 17.3. The fourth-order valence-corrected chi connectivity index (χ4v) is 14.7. The fourth-order valence-electron chi connectivity index (χ4n) is 13.1. The zero-order valence-electron chi connectivity index (χ0n) is 46.8. The van der Waals surface area contributed by atoms with Gasteiger partial charge in [0.25, 0.3) is 0 Å². The van der Waals surface area contributed by atoms with Gasteiger partial charge in [-0.3, -0.25) is 4.79 Å². The van der Waals surface area contributed by atoms with Crippen molar-refractivity contribution in [1.29, 1.82) is 0 Å². The molecule has 2 aromatic heterocycles. The number of halogens is 7. The number of hydrogen-bond acceptors (Lipinski definition) is 14. The zero-order valence-corrected chi connectivity index (χ0v) is 51.4. The lowest BCUT2D eigenvalue weighted by Crippen LogP contribution is -2.44. The smallest absolute Gasteiger partial charge is 0.350 e. The highest BCUT2D eigenvalue weighted by Gasteiger charge is 2.57. The molecule has 8 fully saturated rings. The third kappa shape index (κ3) is 12.5. The Balaban J connectivity index is 0.000000140. The van der Waals surface area contributed by atoms with Crippen LogP contribution in [0.15, 0.2) is 86.3 Å². The van der Waals surface area contributed by atoms with E-state index in [9.17, 15) is 28.3 Å². The standard InChI is InChI=1S/C32H32Cl2FNO6.C21H21Cl2NO3.C11H10BrFO3/c1-39-30(37)31(9-10-31)41-23-14-20(11-21(35)15-23)32(38)18-7-8-19(32)13-22(12-18)40-16-24-28(36-42-29(24)17-5-6-17)27-25(33)3-2-4-26(27)34;22-16-2-1-3-17(23)18(16)19-15(21(27-24-19)11-4-5-11)10-26-14-8-12-6-7-13(9-14)20(12)25;1-15-10(14)11(2-3-11)16-9-5-7(12)4-8(13)6-9/h2-4,11,14-15,17-19,22,38H,5-10,12-13,16H2,1H3;1-3,11-14H,4-10H2;4-6H,2-3H2,1H3/t18-,19+,22?,32?;12-,13+,14?;. The number of rotatable bonds is 17. The number of nitrogens with zero attached hydrogens (tertiary/aromatic N) is 2. The van der Waals surface area contributed by atoms with Crippen LogP contribution in [0.2, 0.25) is 20.1 Å². The Labute approximate surface area is 518 Å². The normalized spacial score (nSPS) is 25.5. The van der Waals surface area contributed by atoms with Crippen molar-refractivity contribution in [1.82, 2.24) is 10.3 Å². The van der Waals surface area contributed by atoms with E-state index in [2.05, 4.69) is 31.0 Å². The summed E-state index contributed by atoms with van der Waals surface area (Å²) in [6.07, 6.45) is 13.1. The van der Waals surface area contributed by atoms with E-state index in [-0.39, 0.29) is 41.6 Å². The number of esters is 2. The van der Waals surface area contributed by atoms with Gasteiger partial charge < -0.3 is 42.6 Å². The minimum atomic E-state index is -1.21. The van der Waals surface area contributed by atoms with Gasteiger partial charge in [-0.15, -0.1) is 0 Å². The van der Waals surface area contributed by atoms with E-state index in [0.29, 0.717) is 128 Å². The van der Waals surface area contributed by atoms with Crippen molar-refractivity contribution in [2.75, 3.05) is 14.2 Å². The highest BCUT2D eigenvalue weighted by Crippen LogP contribution is 2.57. The Hall–Kier alpha value is -5.11. The molecule has 2 heterocycles. The van der Waals surface area contributed by atoms with Crippen LogP contribution in [0, 0.1) is 35.3 Å². The van der Waals surface area contributed by atoms with Crippen LogP contribution >= 0.6 is 62.3 Å². The second-order valence-corrected chi connectivity index (χ2v) is 26.5. The highest BCUT2D eigenvalue weighted by molar-refractivity contribution is 9.10. The van der Waals surface area contributed by atoms with E-state index in [1.165, 1.54) is 38.5 Å². The fraction of sp³-hybridized carbons (Fsp3) is 0.484. The van der Waals surface area contributed by atoms with Crippen molar-refractivity contribution in [2.45, 2.75) is 157 Å². The first kappa shape index (κ1) is 60.2. The number of carbonyl (C=O) groups is 3. The summed E-state index contributed by atoms with van der Waals surface area (Å²) in [6.45, 7) is 0.715. The molecule has 14 rings (SSSR count). The van der Waals surface area contributed by atoms with E-state index in [1.807, 2.05) is 18.2 Å². The van der Waals surface area contributed by atoms with Crippen LogP contribution in [-0.4, -0.2) is 70.8 Å². The average Bonchev–Trinajstić information content (AvgIpc) is 2.06. The first-order valence-corrected chi connectivity index (χ1v) is 31.4. The number of benzene rings is 4. The van der Waals surface area contributed by atoms with E-state index >= 15 is 0 Å². The van der Waals surface area contributed by atoms with Gasteiger partial charge in [-0.1, -0.05) is 84.8 Å². The quantitative estimate of drug-likeness (QED) is 0.0853. The third-order valence-corrected chi connectivity index (χ3v) is 19.9. The van der Waals surface area contributed by atoms with Gasteiger partial charge in [0.1, 0.15) is 51.8 Å². The number of methoxy groups -OCH3 is 2. The predicted octanol–water partition coefficient (Wildman–Crippen LogP) is 15.8. The van der Waals surface area contributed by atoms with Crippen molar-refractivity contribution in [3.05, 3.63) is 137 Å². The van der Waals surface area contributed by atoms with Gasteiger partial charge in [0.2, 0.25) is 11.2 Å². The molecule has 8 aliphatic carbocycles. The molecule has 0 saturated heterocycles. The molecular weight excluding hydrogens is 1250 g/mol. The number of ether oxygens (including phenoxy) is 6. The van der Waals surface area contributed by atoms with Gasteiger partial charge in [-0.05, 0) is 143 Å². The molecule has 14 nitrogen and oxygen atoms in total. The summed E-state index contributed by atoms with van der Waals surface area (Å²) in [5.74, 6) is 1.80. The maximum atomic E-state index is 14.8. The second kappa shape index (κ2) is 24.5. The summed E-state index contributed by atoms with van der Waals surface area (Å²) < 4.78 is 73.7. The Morgan fingerprint density at radius 2 is 1.01 bits per heavy atom. The lowest BCUT2D eigenvalue weighted by atomic mass is 9.69. The lowest BCUT2D eigenvalue weighted by molar-refractivity contribution is -0.151. The molecule has 0 radical (unpaired) electrons. The second-order valence-electron chi connectivity index (χ2n) is 23.9. The molecule has 0 amide bonds. The van der Waals surface area contributed by atoms with E-state index in [1.54, 1.807) is 30.3 Å². The Morgan fingerprint density at radius 1 is 0.600 bits per heavy atom. The molecule has 21 heteroatoms. The topological polar surface area (TPSA) is 179 Å². The summed E-state index contributed by atoms with van der Waals surface area (Å²) in [5.41, 5.74) is 1.75. The summed E-state index contributed by atoms with van der Waals surface area (Å²) in [6, 6.07) is 19.3. The van der Waals surface area contributed by atoms with Crippen molar-refractivity contribution in [2.24, 2.45) is 23.7 Å². The minimum absolute atomic E-state index is 0.0994. The van der Waals surface area contributed by atoms with Crippen LogP contribution in [0.3, 0.4) is 0 Å². The largest absolute Gasteiger partial charge is 0.475 e. The molecule has 3 unspecified atom stereocenters. The van der Waals surface area contributed by atoms with Gasteiger partial charge in [0.15, 0.2) is 0 Å². The van der Waals surface area contributed by atoms with Crippen molar-refractivity contribution >= 4 is 80.1 Å². The molecule has 6 aromatic rings. The molecule has 7 atom stereocenters. The van der Waals surface area contributed by atoms with Crippen molar-refractivity contribution in [3.8, 4) is 34.0 Å². The number of hydrogen-bond donors (Lipinski definition) is 1. The molecule has 0 aliphatic heterocycles. The minimum Gasteiger partial charge on any atom is -0.475 e. The van der Waals surface area contributed by atoms with Gasteiger partial charge in [-0.25, -0.2) is 18.4 Å². The molecule has 85 heavy (non-hydrogen) atoms. The maximum Gasteiger partial charge on any atom is 0.350 e. The summed E-state index contributed by atoms with van der Waals surface area (Å²) in [7, 11) is 2.62. The number of Topliss-reactive ketones (excluding diaryl/α,β-unsaturated/α-hetero) is 1. The van der Waals surface area contributed by atoms with Gasteiger partial charge in [-0.2, -0.15) is 0 Å². The number of fused-ring (bicyclic) bond motifs is 4. The van der Waals surface area contributed by atoms with E-state index in [0.717, 1.165) is 86.9 Å². The number of aromatic nitrogens is 2. The zero-order chi connectivity index (χ0) is 59.5.